The van der Waals surface area contributed by atoms with E-state index in [0.717, 1.165) is 25.7 Å². The molecular formula is C14H21F5O. The summed E-state index contributed by atoms with van der Waals surface area (Å²) in [6.07, 6.45) is -1.02. The van der Waals surface area contributed by atoms with Crippen LogP contribution in [0.3, 0.4) is 0 Å². The van der Waals surface area contributed by atoms with Gasteiger partial charge in [-0.25, -0.2) is 0 Å². The van der Waals surface area contributed by atoms with Gasteiger partial charge in [-0.2, -0.15) is 22.0 Å². The van der Waals surface area contributed by atoms with Crippen LogP contribution in [0.1, 0.15) is 57.8 Å². The molecule has 0 N–H and O–H groups in total. The molecule has 0 atom stereocenters. The first-order valence-electron chi connectivity index (χ1n) is 6.78. The van der Waals surface area contributed by atoms with Crippen molar-refractivity contribution >= 4 is 5.78 Å². The monoisotopic (exact) mass is 300 g/mol. The Morgan fingerprint density at radius 3 is 2.00 bits per heavy atom. The highest BCUT2D eigenvalue weighted by atomic mass is 19.4. The Morgan fingerprint density at radius 1 is 0.900 bits per heavy atom. The highest BCUT2D eigenvalue weighted by Gasteiger charge is 2.56. The van der Waals surface area contributed by atoms with Crippen LogP contribution in [0.2, 0.25) is 0 Å². The number of allylic oxidation sites excluding steroid dienone is 1. The van der Waals surface area contributed by atoms with E-state index in [0.29, 0.717) is 6.42 Å². The third-order valence-corrected chi connectivity index (χ3v) is 2.97. The van der Waals surface area contributed by atoms with Gasteiger partial charge in [0.1, 0.15) is 5.78 Å². The summed E-state index contributed by atoms with van der Waals surface area (Å²) in [5, 5.41) is 0. The Hall–Kier alpha value is -0.940. The van der Waals surface area contributed by atoms with E-state index in [1.807, 2.05) is 6.08 Å². The molecule has 0 bridgehead atoms. The van der Waals surface area contributed by atoms with Gasteiger partial charge >= 0.3 is 12.1 Å². The number of hydrogen-bond donors (Lipinski definition) is 0. The van der Waals surface area contributed by atoms with Crippen LogP contribution < -0.4 is 0 Å². The van der Waals surface area contributed by atoms with Gasteiger partial charge in [0.2, 0.25) is 0 Å². The SMILES string of the molecule is C=CCCCCCCC(=O)CCCC(F)(F)C(F)(F)F. The Labute approximate surface area is 116 Å². The Balaban J connectivity index is 3.66. The van der Waals surface area contributed by atoms with Gasteiger partial charge in [0.15, 0.2) is 0 Å². The van der Waals surface area contributed by atoms with Crippen molar-refractivity contribution in [3.63, 3.8) is 0 Å². The van der Waals surface area contributed by atoms with E-state index >= 15 is 0 Å². The first-order valence-corrected chi connectivity index (χ1v) is 6.78. The van der Waals surface area contributed by atoms with Gasteiger partial charge in [0.25, 0.3) is 0 Å². The molecule has 20 heavy (non-hydrogen) atoms. The zero-order valence-electron chi connectivity index (χ0n) is 11.4. The van der Waals surface area contributed by atoms with E-state index in [1.165, 1.54) is 0 Å². The van der Waals surface area contributed by atoms with Crippen LogP contribution in [0.4, 0.5) is 22.0 Å². The fourth-order valence-electron chi connectivity index (χ4n) is 1.74. The molecule has 0 rings (SSSR count). The fraction of sp³-hybridized carbons (Fsp3) is 0.786. The van der Waals surface area contributed by atoms with Crippen molar-refractivity contribution < 1.29 is 26.7 Å². The van der Waals surface area contributed by atoms with E-state index in [1.54, 1.807) is 0 Å². The van der Waals surface area contributed by atoms with Crippen LogP contribution >= 0.6 is 0 Å². The van der Waals surface area contributed by atoms with Crippen molar-refractivity contribution in [1.29, 1.82) is 0 Å². The van der Waals surface area contributed by atoms with Crippen LogP contribution in [0.5, 0.6) is 0 Å². The largest absolute Gasteiger partial charge is 0.453 e. The number of rotatable bonds is 11. The Kier molecular flexibility index (Phi) is 8.65. The summed E-state index contributed by atoms with van der Waals surface area (Å²) in [6, 6.07) is 0. The van der Waals surface area contributed by atoms with Crippen LogP contribution in [-0.4, -0.2) is 17.9 Å². The van der Waals surface area contributed by atoms with Gasteiger partial charge in [-0.1, -0.05) is 18.9 Å². The third kappa shape index (κ3) is 8.27. The smallest absolute Gasteiger partial charge is 0.300 e. The minimum atomic E-state index is -5.53. The van der Waals surface area contributed by atoms with Gasteiger partial charge < -0.3 is 0 Å². The van der Waals surface area contributed by atoms with Crippen molar-refractivity contribution in [1.82, 2.24) is 0 Å². The molecular weight excluding hydrogens is 279 g/mol. The zero-order chi connectivity index (χ0) is 15.6. The van der Waals surface area contributed by atoms with Crippen LogP contribution in [0, 0.1) is 0 Å². The first-order chi connectivity index (χ1) is 9.20. The van der Waals surface area contributed by atoms with E-state index < -0.39 is 24.9 Å². The fourth-order valence-corrected chi connectivity index (χ4v) is 1.74. The van der Waals surface area contributed by atoms with Crippen molar-refractivity contribution in [3.8, 4) is 0 Å². The quantitative estimate of drug-likeness (QED) is 0.282. The predicted molar refractivity (Wildman–Crippen MR) is 67.8 cm³/mol. The van der Waals surface area contributed by atoms with Gasteiger partial charge in [-0.3, -0.25) is 4.79 Å². The Morgan fingerprint density at radius 2 is 1.45 bits per heavy atom. The number of ketones is 1. The molecule has 0 aliphatic carbocycles. The molecule has 0 radical (unpaired) electrons. The minimum Gasteiger partial charge on any atom is -0.300 e. The highest BCUT2D eigenvalue weighted by Crippen LogP contribution is 2.39. The summed E-state index contributed by atoms with van der Waals surface area (Å²) in [5.74, 6) is -4.94. The third-order valence-electron chi connectivity index (χ3n) is 2.97. The van der Waals surface area contributed by atoms with Gasteiger partial charge in [-0.05, 0) is 25.7 Å². The summed E-state index contributed by atoms with van der Waals surface area (Å²) < 4.78 is 60.7. The lowest BCUT2D eigenvalue weighted by Crippen LogP contribution is -2.36. The standard InChI is InChI=1S/C14H21F5O/c1-2-3-4-5-6-7-9-12(20)10-8-11-13(15,16)14(17,18)19/h2H,1,3-11H2. The molecule has 1 nitrogen and oxygen atoms in total. The summed E-state index contributed by atoms with van der Waals surface area (Å²) in [6.45, 7) is 3.58. The number of Topliss-reactive ketones (excluding diaryl/α,β-unsaturated/α-hetero) is 1. The van der Waals surface area contributed by atoms with E-state index in [-0.39, 0.29) is 18.6 Å². The second-order valence-electron chi connectivity index (χ2n) is 4.84. The molecule has 0 aliphatic rings. The van der Waals surface area contributed by atoms with Crippen molar-refractivity contribution in [2.24, 2.45) is 0 Å². The van der Waals surface area contributed by atoms with Crippen LogP contribution in [0.25, 0.3) is 0 Å². The van der Waals surface area contributed by atoms with Crippen molar-refractivity contribution in [2.75, 3.05) is 0 Å². The number of carbonyl (C=O) groups excluding carboxylic acids is 1. The average molecular weight is 300 g/mol. The molecule has 0 spiro atoms. The number of unbranched alkanes of at least 4 members (excludes halogenated alkanes) is 4. The molecule has 0 aromatic carbocycles. The van der Waals surface area contributed by atoms with Crippen molar-refractivity contribution in [2.45, 2.75) is 69.9 Å². The number of hydrogen-bond acceptors (Lipinski definition) is 1. The maximum Gasteiger partial charge on any atom is 0.453 e. The average Bonchev–Trinajstić information content (AvgIpc) is 2.32. The van der Waals surface area contributed by atoms with E-state index in [9.17, 15) is 26.7 Å². The molecule has 118 valence electrons. The first kappa shape index (κ1) is 19.1. The zero-order valence-corrected chi connectivity index (χ0v) is 11.4. The lowest BCUT2D eigenvalue weighted by Gasteiger charge is -2.18. The molecule has 0 aromatic rings. The summed E-state index contributed by atoms with van der Waals surface area (Å²) in [5.41, 5.74) is 0. The van der Waals surface area contributed by atoms with E-state index in [4.69, 9.17) is 0 Å². The van der Waals surface area contributed by atoms with Gasteiger partial charge in [0.05, 0.1) is 0 Å². The van der Waals surface area contributed by atoms with Crippen LogP contribution in [0.15, 0.2) is 12.7 Å². The van der Waals surface area contributed by atoms with E-state index in [2.05, 4.69) is 6.58 Å². The van der Waals surface area contributed by atoms with Crippen LogP contribution in [-0.2, 0) is 4.79 Å². The Bertz CT molecular complexity index is 296. The van der Waals surface area contributed by atoms with Gasteiger partial charge in [0, 0.05) is 19.3 Å². The lowest BCUT2D eigenvalue weighted by molar-refractivity contribution is -0.284. The number of halogens is 5. The predicted octanol–water partition coefficient (Wildman–Crippen LogP) is 5.45. The molecule has 0 unspecified atom stereocenters. The molecule has 0 aromatic heterocycles. The normalized spacial score (nSPS) is 12.4. The van der Waals surface area contributed by atoms with Gasteiger partial charge in [-0.15, -0.1) is 6.58 Å². The highest BCUT2D eigenvalue weighted by molar-refractivity contribution is 5.78. The lowest BCUT2D eigenvalue weighted by atomic mass is 10.0. The summed E-state index contributed by atoms with van der Waals surface area (Å²) >= 11 is 0. The maximum atomic E-state index is 12.6. The summed E-state index contributed by atoms with van der Waals surface area (Å²) in [7, 11) is 0. The molecule has 0 amide bonds. The number of carbonyl (C=O) groups is 1. The molecule has 6 heteroatoms. The maximum absolute atomic E-state index is 12.6. The number of alkyl halides is 5. The second kappa shape index (κ2) is 9.08. The minimum absolute atomic E-state index is 0.210. The molecule has 0 aliphatic heterocycles. The summed E-state index contributed by atoms with van der Waals surface area (Å²) in [4.78, 5) is 11.3. The van der Waals surface area contributed by atoms with Crippen molar-refractivity contribution in [3.05, 3.63) is 12.7 Å². The topological polar surface area (TPSA) is 17.1 Å². The molecule has 0 fully saturated rings. The molecule has 0 saturated carbocycles. The molecule has 0 saturated heterocycles. The second-order valence-corrected chi connectivity index (χ2v) is 4.84. The molecule has 0 heterocycles.